The number of anilines is 1. The van der Waals surface area contributed by atoms with E-state index in [2.05, 4.69) is 10.6 Å². The normalized spacial score (nSPS) is 10.2. The minimum atomic E-state index is -0.203. The molecule has 0 unspecified atom stereocenters. The first-order valence-electron chi connectivity index (χ1n) is 6.58. The zero-order valence-electron chi connectivity index (χ0n) is 11.7. The average molecular weight is 305 g/mol. The average Bonchev–Trinajstić information content (AvgIpc) is 2.52. The Kier molecular flexibility index (Phi) is 5.20. The van der Waals surface area contributed by atoms with Crippen molar-refractivity contribution in [1.82, 2.24) is 5.32 Å². The summed E-state index contributed by atoms with van der Waals surface area (Å²) in [5.41, 5.74) is 3.28. The van der Waals surface area contributed by atoms with Crippen LogP contribution in [0.2, 0.25) is 5.02 Å². The molecule has 0 radical (unpaired) electrons. The van der Waals surface area contributed by atoms with Gasteiger partial charge in [0.25, 0.3) is 5.91 Å². The summed E-state index contributed by atoms with van der Waals surface area (Å²) in [4.78, 5) is 11.5. The Balaban J connectivity index is 2.03. The molecule has 4 nitrogen and oxygen atoms in total. The van der Waals surface area contributed by atoms with Gasteiger partial charge in [-0.15, -0.1) is 0 Å². The molecule has 0 heterocycles. The van der Waals surface area contributed by atoms with Crippen LogP contribution in [-0.2, 0) is 13.2 Å². The standard InChI is InChI=1S/C16H17ClN2O2/c1-18-16(21)14-7-6-13(8-15(14)17)19-9-11-2-4-12(10-20)5-3-11/h2-8,19-20H,9-10H2,1H3,(H,18,21). The summed E-state index contributed by atoms with van der Waals surface area (Å²) in [6.45, 7) is 0.686. The quantitative estimate of drug-likeness (QED) is 0.796. The Morgan fingerprint density at radius 2 is 1.81 bits per heavy atom. The van der Waals surface area contributed by atoms with Crippen LogP contribution < -0.4 is 10.6 Å². The van der Waals surface area contributed by atoms with E-state index in [0.29, 0.717) is 17.1 Å². The van der Waals surface area contributed by atoms with Crippen LogP contribution in [0.3, 0.4) is 0 Å². The third-order valence-electron chi connectivity index (χ3n) is 3.14. The number of carbonyl (C=O) groups is 1. The zero-order valence-corrected chi connectivity index (χ0v) is 12.4. The van der Waals surface area contributed by atoms with E-state index in [1.165, 1.54) is 0 Å². The summed E-state index contributed by atoms with van der Waals surface area (Å²) < 4.78 is 0. The van der Waals surface area contributed by atoms with Crippen LogP contribution in [0, 0.1) is 0 Å². The number of aliphatic hydroxyl groups excluding tert-OH is 1. The number of halogens is 1. The van der Waals surface area contributed by atoms with Crippen LogP contribution in [0.4, 0.5) is 5.69 Å². The van der Waals surface area contributed by atoms with E-state index in [1.807, 2.05) is 30.3 Å². The Morgan fingerprint density at radius 3 is 2.38 bits per heavy atom. The topological polar surface area (TPSA) is 61.4 Å². The predicted octanol–water partition coefficient (Wildman–Crippen LogP) is 2.80. The fourth-order valence-electron chi connectivity index (χ4n) is 1.91. The molecule has 5 heteroatoms. The Labute approximate surface area is 128 Å². The van der Waals surface area contributed by atoms with Gasteiger partial charge in [0.2, 0.25) is 0 Å². The van der Waals surface area contributed by atoms with Gasteiger partial charge in [-0.05, 0) is 29.3 Å². The fraction of sp³-hybridized carbons (Fsp3) is 0.188. The smallest absolute Gasteiger partial charge is 0.252 e. The molecule has 2 rings (SSSR count). The van der Waals surface area contributed by atoms with Gasteiger partial charge in [-0.2, -0.15) is 0 Å². The number of hydrogen-bond donors (Lipinski definition) is 3. The molecule has 0 aromatic heterocycles. The number of aliphatic hydroxyl groups is 1. The van der Waals surface area contributed by atoms with Crippen molar-refractivity contribution in [2.75, 3.05) is 12.4 Å². The van der Waals surface area contributed by atoms with Crippen molar-refractivity contribution >= 4 is 23.2 Å². The molecule has 0 saturated carbocycles. The van der Waals surface area contributed by atoms with Gasteiger partial charge in [-0.25, -0.2) is 0 Å². The molecule has 2 aromatic carbocycles. The van der Waals surface area contributed by atoms with Gasteiger partial charge in [0.1, 0.15) is 0 Å². The lowest BCUT2D eigenvalue weighted by Gasteiger charge is -2.09. The highest BCUT2D eigenvalue weighted by atomic mass is 35.5. The highest BCUT2D eigenvalue weighted by Gasteiger charge is 2.08. The second-order valence-corrected chi connectivity index (χ2v) is 5.01. The first kappa shape index (κ1) is 15.4. The molecule has 0 atom stereocenters. The maximum Gasteiger partial charge on any atom is 0.252 e. The lowest BCUT2D eigenvalue weighted by Crippen LogP contribution is -2.18. The third-order valence-corrected chi connectivity index (χ3v) is 3.46. The van der Waals surface area contributed by atoms with Crippen LogP contribution in [0.15, 0.2) is 42.5 Å². The number of carbonyl (C=O) groups excluding carboxylic acids is 1. The summed E-state index contributed by atoms with van der Waals surface area (Å²) in [7, 11) is 1.57. The van der Waals surface area contributed by atoms with E-state index in [1.54, 1.807) is 19.2 Å². The van der Waals surface area contributed by atoms with Crippen molar-refractivity contribution < 1.29 is 9.90 Å². The van der Waals surface area contributed by atoms with Gasteiger partial charge in [0.15, 0.2) is 0 Å². The van der Waals surface area contributed by atoms with Gasteiger partial charge in [-0.3, -0.25) is 4.79 Å². The van der Waals surface area contributed by atoms with Gasteiger partial charge in [0.05, 0.1) is 17.2 Å². The highest BCUT2D eigenvalue weighted by molar-refractivity contribution is 6.34. The molecular formula is C16H17ClN2O2. The van der Waals surface area contributed by atoms with Crippen LogP contribution in [-0.4, -0.2) is 18.1 Å². The summed E-state index contributed by atoms with van der Waals surface area (Å²) in [5.74, 6) is -0.203. The van der Waals surface area contributed by atoms with E-state index in [0.717, 1.165) is 16.8 Å². The van der Waals surface area contributed by atoms with Crippen molar-refractivity contribution in [3.63, 3.8) is 0 Å². The first-order valence-corrected chi connectivity index (χ1v) is 6.96. The van der Waals surface area contributed by atoms with Crippen LogP contribution in [0.1, 0.15) is 21.5 Å². The van der Waals surface area contributed by atoms with Gasteiger partial charge in [-0.1, -0.05) is 35.9 Å². The van der Waals surface area contributed by atoms with Crippen molar-refractivity contribution in [3.8, 4) is 0 Å². The van der Waals surface area contributed by atoms with E-state index in [9.17, 15) is 4.79 Å². The van der Waals surface area contributed by atoms with Gasteiger partial charge < -0.3 is 15.7 Å². The molecule has 0 aliphatic carbocycles. The molecule has 2 aromatic rings. The second-order valence-electron chi connectivity index (χ2n) is 4.60. The van der Waals surface area contributed by atoms with Gasteiger partial charge in [0, 0.05) is 19.3 Å². The molecule has 0 aliphatic heterocycles. The summed E-state index contributed by atoms with van der Waals surface area (Å²) in [5, 5.41) is 15.2. The Bertz CT molecular complexity index is 627. The monoisotopic (exact) mass is 304 g/mol. The number of nitrogens with one attached hydrogen (secondary N) is 2. The summed E-state index contributed by atoms with van der Waals surface area (Å²) in [6.07, 6.45) is 0. The molecule has 0 aliphatic rings. The van der Waals surface area contributed by atoms with Crippen LogP contribution >= 0.6 is 11.6 Å². The molecule has 3 N–H and O–H groups in total. The zero-order chi connectivity index (χ0) is 15.2. The summed E-state index contributed by atoms with van der Waals surface area (Å²) >= 11 is 6.10. The Hall–Kier alpha value is -2.04. The molecule has 0 saturated heterocycles. The third kappa shape index (κ3) is 3.97. The molecular weight excluding hydrogens is 288 g/mol. The van der Waals surface area contributed by atoms with E-state index in [-0.39, 0.29) is 12.5 Å². The maximum absolute atomic E-state index is 11.5. The maximum atomic E-state index is 11.5. The molecule has 0 fully saturated rings. The number of rotatable bonds is 5. The number of amides is 1. The van der Waals surface area contributed by atoms with E-state index >= 15 is 0 Å². The number of hydrogen-bond acceptors (Lipinski definition) is 3. The summed E-state index contributed by atoms with van der Waals surface area (Å²) in [6, 6.07) is 12.9. The SMILES string of the molecule is CNC(=O)c1ccc(NCc2ccc(CO)cc2)cc1Cl. The minimum Gasteiger partial charge on any atom is -0.392 e. The molecule has 0 bridgehead atoms. The molecule has 0 spiro atoms. The van der Waals surface area contributed by atoms with E-state index in [4.69, 9.17) is 16.7 Å². The van der Waals surface area contributed by atoms with Crippen LogP contribution in [0.25, 0.3) is 0 Å². The van der Waals surface area contributed by atoms with Crippen LogP contribution in [0.5, 0.6) is 0 Å². The molecule has 110 valence electrons. The van der Waals surface area contributed by atoms with Crippen molar-refractivity contribution in [2.24, 2.45) is 0 Å². The molecule has 21 heavy (non-hydrogen) atoms. The lowest BCUT2D eigenvalue weighted by atomic mass is 10.1. The van der Waals surface area contributed by atoms with Crippen molar-refractivity contribution in [1.29, 1.82) is 0 Å². The van der Waals surface area contributed by atoms with E-state index < -0.39 is 0 Å². The van der Waals surface area contributed by atoms with Crippen molar-refractivity contribution in [2.45, 2.75) is 13.2 Å². The second kappa shape index (κ2) is 7.11. The molecule has 1 amide bonds. The Morgan fingerprint density at radius 1 is 1.14 bits per heavy atom. The predicted molar refractivity (Wildman–Crippen MR) is 84.5 cm³/mol. The number of benzene rings is 2. The van der Waals surface area contributed by atoms with Gasteiger partial charge >= 0.3 is 0 Å². The minimum absolute atomic E-state index is 0.0459. The fourth-order valence-corrected chi connectivity index (χ4v) is 2.18. The largest absolute Gasteiger partial charge is 0.392 e. The highest BCUT2D eigenvalue weighted by Crippen LogP contribution is 2.21. The van der Waals surface area contributed by atoms with Crippen molar-refractivity contribution in [3.05, 3.63) is 64.2 Å². The first-order chi connectivity index (χ1) is 10.1. The lowest BCUT2D eigenvalue weighted by molar-refractivity contribution is 0.0963.